The minimum atomic E-state index is -0.573. The quantitative estimate of drug-likeness (QED) is 0.876. The van der Waals surface area contributed by atoms with Crippen molar-refractivity contribution in [3.05, 3.63) is 41.5 Å². The Bertz CT molecular complexity index is 494. The third-order valence-electron chi connectivity index (χ3n) is 2.29. The molecule has 1 aromatic carbocycles. The highest BCUT2D eigenvalue weighted by Gasteiger charge is 2.10. The third kappa shape index (κ3) is 2.82. The Morgan fingerprint density at radius 2 is 2.18 bits per heavy atom. The molecule has 90 valence electrons. The third-order valence-corrected chi connectivity index (χ3v) is 2.29. The molecule has 1 N–H and O–H groups in total. The van der Waals surface area contributed by atoms with Crippen LogP contribution in [0.25, 0.3) is 0 Å². The van der Waals surface area contributed by atoms with Gasteiger partial charge in [-0.15, -0.1) is 0 Å². The smallest absolute Gasteiger partial charge is 0.264 e. The number of para-hydroxylation sites is 1. The van der Waals surface area contributed by atoms with Crippen LogP contribution in [0.2, 0.25) is 0 Å². The standard InChI is InChI=1S/C12H14N2O3/c1-8(15)10-5-3-4-6-11(10)16-7-12-13-9(2)14-17-12/h3-6,8,15H,7H2,1-2H3. The highest BCUT2D eigenvalue weighted by atomic mass is 16.5. The summed E-state index contributed by atoms with van der Waals surface area (Å²) in [7, 11) is 0. The number of nitrogens with zero attached hydrogens (tertiary/aromatic N) is 2. The molecule has 0 aliphatic carbocycles. The molecule has 0 aliphatic rings. The van der Waals surface area contributed by atoms with Crippen molar-refractivity contribution in [3.63, 3.8) is 0 Å². The van der Waals surface area contributed by atoms with Crippen LogP contribution < -0.4 is 4.74 Å². The summed E-state index contributed by atoms with van der Waals surface area (Å²) < 4.78 is 10.5. The van der Waals surface area contributed by atoms with Gasteiger partial charge in [0.2, 0.25) is 0 Å². The van der Waals surface area contributed by atoms with Gasteiger partial charge in [0.25, 0.3) is 5.89 Å². The van der Waals surface area contributed by atoms with Crippen molar-refractivity contribution in [2.45, 2.75) is 26.6 Å². The zero-order valence-corrected chi connectivity index (χ0v) is 9.75. The van der Waals surface area contributed by atoms with Gasteiger partial charge in [0.15, 0.2) is 12.4 Å². The monoisotopic (exact) mass is 234 g/mol. The molecule has 5 nitrogen and oxygen atoms in total. The van der Waals surface area contributed by atoms with Crippen molar-refractivity contribution in [2.75, 3.05) is 0 Å². The van der Waals surface area contributed by atoms with E-state index in [0.717, 1.165) is 5.56 Å². The molecule has 0 saturated carbocycles. The van der Waals surface area contributed by atoms with Gasteiger partial charge in [0.1, 0.15) is 5.75 Å². The van der Waals surface area contributed by atoms with Gasteiger partial charge in [-0.3, -0.25) is 0 Å². The molecule has 0 spiro atoms. The predicted molar refractivity (Wildman–Crippen MR) is 60.4 cm³/mol. The number of aliphatic hydroxyl groups excluding tert-OH is 1. The Kier molecular flexibility index (Phi) is 3.39. The number of aliphatic hydroxyl groups is 1. The Labute approximate surface area is 99.0 Å². The van der Waals surface area contributed by atoms with Gasteiger partial charge in [-0.05, 0) is 19.9 Å². The second-order valence-corrected chi connectivity index (χ2v) is 3.74. The largest absolute Gasteiger partial charge is 0.483 e. The Balaban J connectivity index is 2.08. The van der Waals surface area contributed by atoms with Gasteiger partial charge in [-0.1, -0.05) is 23.4 Å². The number of aryl methyl sites for hydroxylation is 1. The molecule has 0 aliphatic heterocycles. The molecule has 0 amide bonds. The van der Waals surface area contributed by atoms with Gasteiger partial charge in [0, 0.05) is 5.56 Å². The summed E-state index contributed by atoms with van der Waals surface area (Å²) >= 11 is 0. The van der Waals surface area contributed by atoms with E-state index in [4.69, 9.17) is 9.26 Å². The molecule has 1 unspecified atom stereocenters. The minimum absolute atomic E-state index is 0.199. The van der Waals surface area contributed by atoms with Crippen LogP contribution in [0.5, 0.6) is 5.75 Å². The van der Waals surface area contributed by atoms with Crippen molar-refractivity contribution in [1.82, 2.24) is 10.1 Å². The molecule has 0 bridgehead atoms. The van der Waals surface area contributed by atoms with E-state index in [1.54, 1.807) is 19.9 Å². The second-order valence-electron chi connectivity index (χ2n) is 3.74. The van der Waals surface area contributed by atoms with Crippen molar-refractivity contribution in [2.24, 2.45) is 0 Å². The second kappa shape index (κ2) is 4.97. The maximum atomic E-state index is 9.57. The molecular weight excluding hydrogens is 220 g/mol. The number of benzene rings is 1. The van der Waals surface area contributed by atoms with E-state index in [1.165, 1.54) is 0 Å². The lowest BCUT2D eigenvalue weighted by molar-refractivity contribution is 0.185. The normalized spacial score (nSPS) is 12.4. The van der Waals surface area contributed by atoms with Crippen LogP contribution in [0, 0.1) is 6.92 Å². The number of hydrogen-bond acceptors (Lipinski definition) is 5. The van der Waals surface area contributed by atoms with E-state index in [0.29, 0.717) is 17.5 Å². The Morgan fingerprint density at radius 1 is 1.41 bits per heavy atom. The molecular formula is C12H14N2O3. The van der Waals surface area contributed by atoms with E-state index >= 15 is 0 Å². The topological polar surface area (TPSA) is 68.4 Å². The Morgan fingerprint density at radius 3 is 2.82 bits per heavy atom. The van der Waals surface area contributed by atoms with Gasteiger partial charge >= 0.3 is 0 Å². The zero-order valence-electron chi connectivity index (χ0n) is 9.75. The van der Waals surface area contributed by atoms with E-state index < -0.39 is 6.10 Å². The maximum absolute atomic E-state index is 9.57. The fourth-order valence-corrected chi connectivity index (χ4v) is 1.50. The lowest BCUT2D eigenvalue weighted by atomic mass is 10.1. The predicted octanol–water partition coefficient (Wildman–Crippen LogP) is 2.01. The van der Waals surface area contributed by atoms with Crippen molar-refractivity contribution >= 4 is 0 Å². The van der Waals surface area contributed by atoms with Crippen LogP contribution in [-0.4, -0.2) is 15.2 Å². The van der Waals surface area contributed by atoms with Crippen LogP contribution in [0.15, 0.2) is 28.8 Å². The molecule has 1 atom stereocenters. The minimum Gasteiger partial charge on any atom is -0.483 e. The summed E-state index contributed by atoms with van der Waals surface area (Å²) in [5.41, 5.74) is 0.740. The fourth-order valence-electron chi connectivity index (χ4n) is 1.50. The van der Waals surface area contributed by atoms with Gasteiger partial charge in [0.05, 0.1) is 6.10 Å². The summed E-state index contributed by atoms with van der Waals surface area (Å²) in [6, 6.07) is 7.32. The Hall–Kier alpha value is -1.88. The SMILES string of the molecule is Cc1noc(COc2ccccc2C(C)O)n1. The van der Waals surface area contributed by atoms with Crippen molar-refractivity contribution < 1.29 is 14.4 Å². The fraction of sp³-hybridized carbons (Fsp3) is 0.333. The number of rotatable bonds is 4. The number of aromatic nitrogens is 2. The summed E-state index contributed by atoms with van der Waals surface area (Å²) in [5.74, 6) is 1.62. The van der Waals surface area contributed by atoms with Gasteiger partial charge < -0.3 is 14.4 Å². The van der Waals surface area contributed by atoms with E-state index in [-0.39, 0.29) is 6.61 Å². The molecule has 17 heavy (non-hydrogen) atoms. The zero-order chi connectivity index (χ0) is 12.3. The first-order valence-electron chi connectivity index (χ1n) is 5.36. The molecule has 0 radical (unpaired) electrons. The van der Waals surface area contributed by atoms with Gasteiger partial charge in [-0.25, -0.2) is 0 Å². The van der Waals surface area contributed by atoms with Gasteiger partial charge in [-0.2, -0.15) is 4.98 Å². The van der Waals surface area contributed by atoms with Crippen molar-refractivity contribution in [1.29, 1.82) is 0 Å². The first kappa shape index (κ1) is 11.6. The molecule has 0 fully saturated rings. The first-order valence-corrected chi connectivity index (χ1v) is 5.36. The van der Waals surface area contributed by atoms with Crippen LogP contribution in [0.4, 0.5) is 0 Å². The molecule has 2 aromatic rings. The van der Waals surface area contributed by atoms with E-state index in [2.05, 4.69) is 10.1 Å². The van der Waals surface area contributed by atoms with Crippen LogP contribution in [0.1, 0.15) is 30.3 Å². The highest BCUT2D eigenvalue weighted by Crippen LogP contribution is 2.25. The maximum Gasteiger partial charge on any atom is 0.264 e. The average Bonchev–Trinajstić information content (AvgIpc) is 2.73. The van der Waals surface area contributed by atoms with E-state index in [9.17, 15) is 5.11 Å². The van der Waals surface area contributed by atoms with E-state index in [1.807, 2.05) is 18.2 Å². The molecule has 0 saturated heterocycles. The number of hydrogen-bond donors (Lipinski definition) is 1. The van der Waals surface area contributed by atoms with Crippen molar-refractivity contribution in [3.8, 4) is 5.75 Å². The average molecular weight is 234 g/mol. The molecule has 1 aromatic heterocycles. The summed E-state index contributed by atoms with van der Waals surface area (Å²) in [6.45, 7) is 3.64. The highest BCUT2D eigenvalue weighted by molar-refractivity contribution is 5.34. The summed E-state index contributed by atoms with van der Waals surface area (Å²) in [5, 5.41) is 13.2. The van der Waals surface area contributed by atoms with Crippen LogP contribution >= 0.6 is 0 Å². The number of ether oxygens (including phenoxy) is 1. The van der Waals surface area contributed by atoms with Crippen LogP contribution in [-0.2, 0) is 6.61 Å². The summed E-state index contributed by atoms with van der Waals surface area (Å²) in [6.07, 6.45) is -0.573. The molecule has 5 heteroatoms. The lowest BCUT2D eigenvalue weighted by Gasteiger charge is -2.11. The van der Waals surface area contributed by atoms with Crippen LogP contribution in [0.3, 0.4) is 0 Å². The molecule has 1 heterocycles. The lowest BCUT2D eigenvalue weighted by Crippen LogP contribution is -2.01. The summed E-state index contributed by atoms with van der Waals surface area (Å²) in [4.78, 5) is 4.03. The first-order chi connectivity index (χ1) is 8.16. The molecule has 2 rings (SSSR count).